The van der Waals surface area contributed by atoms with Gasteiger partial charge in [0.25, 0.3) is 5.56 Å². The van der Waals surface area contributed by atoms with Crippen molar-refractivity contribution < 1.29 is 4.74 Å². The molecule has 0 saturated carbocycles. The van der Waals surface area contributed by atoms with Gasteiger partial charge in [0.1, 0.15) is 5.75 Å². The number of rotatable bonds is 5. The number of para-hydroxylation sites is 1. The van der Waals surface area contributed by atoms with Gasteiger partial charge in [-0.3, -0.25) is 14.3 Å². The predicted molar refractivity (Wildman–Crippen MR) is 89.7 cm³/mol. The zero-order chi connectivity index (χ0) is 16.2. The maximum Gasteiger partial charge on any atom is 0.261 e. The van der Waals surface area contributed by atoms with Crippen molar-refractivity contribution in [2.24, 2.45) is 0 Å². The highest BCUT2D eigenvalue weighted by atomic mass is 16.5. The molecule has 0 radical (unpaired) electrons. The maximum atomic E-state index is 12.6. The first-order valence-corrected chi connectivity index (χ1v) is 7.72. The van der Waals surface area contributed by atoms with E-state index in [0.29, 0.717) is 17.4 Å². The lowest BCUT2D eigenvalue weighted by Crippen LogP contribution is -2.22. The number of pyridine rings is 1. The third-order valence-corrected chi connectivity index (χ3v) is 3.84. The number of ether oxygens (including phenoxy) is 1. The molecule has 0 N–H and O–H groups in total. The summed E-state index contributed by atoms with van der Waals surface area (Å²) in [4.78, 5) is 20.9. The molecule has 1 aromatic carbocycles. The first kappa shape index (κ1) is 15.2. The van der Waals surface area contributed by atoms with Crippen LogP contribution in [0.2, 0.25) is 0 Å². The van der Waals surface area contributed by atoms with Crippen molar-refractivity contribution in [3.63, 3.8) is 0 Å². The second-order valence-corrected chi connectivity index (χ2v) is 5.51. The number of benzene rings is 1. The normalized spacial score (nSPS) is 12.3. The summed E-state index contributed by atoms with van der Waals surface area (Å²) in [5, 5.41) is 0.572. The van der Waals surface area contributed by atoms with Crippen molar-refractivity contribution in [1.82, 2.24) is 14.5 Å². The number of hydrogen-bond donors (Lipinski definition) is 0. The standard InChI is InChI=1S/C18H19N3O2/c1-3-13(2)23-17-7-5-4-6-14(17)11-21-12-20-16-10-19-9-8-15(16)18(21)22/h4-10,12-13H,3,11H2,1-2H3/t13-/m0/s1. The Morgan fingerprint density at radius 1 is 1.26 bits per heavy atom. The molecule has 0 amide bonds. The van der Waals surface area contributed by atoms with Crippen molar-refractivity contribution >= 4 is 10.9 Å². The van der Waals surface area contributed by atoms with Crippen LogP contribution in [0.3, 0.4) is 0 Å². The Balaban J connectivity index is 1.97. The van der Waals surface area contributed by atoms with Gasteiger partial charge in [0.2, 0.25) is 0 Å². The van der Waals surface area contributed by atoms with Gasteiger partial charge < -0.3 is 4.74 Å². The van der Waals surface area contributed by atoms with Crippen molar-refractivity contribution in [3.8, 4) is 5.75 Å². The number of aromatic nitrogens is 3. The molecule has 0 aliphatic rings. The summed E-state index contributed by atoms with van der Waals surface area (Å²) in [5.74, 6) is 0.809. The molecule has 0 unspecified atom stereocenters. The molecule has 0 spiro atoms. The first-order chi connectivity index (χ1) is 11.2. The molecule has 0 fully saturated rings. The van der Waals surface area contributed by atoms with Crippen LogP contribution in [-0.4, -0.2) is 20.6 Å². The second-order valence-electron chi connectivity index (χ2n) is 5.51. The van der Waals surface area contributed by atoms with E-state index >= 15 is 0 Å². The van der Waals surface area contributed by atoms with Gasteiger partial charge in [0, 0.05) is 11.8 Å². The topological polar surface area (TPSA) is 57.0 Å². The summed E-state index contributed by atoms with van der Waals surface area (Å²) in [5.41, 5.74) is 1.50. The number of fused-ring (bicyclic) bond motifs is 1. The molecule has 0 bridgehead atoms. The Hall–Kier alpha value is -2.69. The molecule has 5 nitrogen and oxygen atoms in total. The lowest BCUT2D eigenvalue weighted by molar-refractivity contribution is 0.215. The van der Waals surface area contributed by atoms with Gasteiger partial charge in [0.05, 0.1) is 36.1 Å². The summed E-state index contributed by atoms with van der Waals surface area (Å²) in [7, 11) is 0. The van der Waals surface area contributed by atoms with Gasteiger partial charge in [-0.1, -0.05) is 25.1 Å². The average Bonchev–Trinajstić information content (AvgIpc) is 2.59. The van der Waals surface area contributed by atoms with E-state index in [0.717, 1.165) is 17.7 Å². The van der Waals surface area contributed by atoms with Gasteiger partial charge in [-0.25, -0.2) is 4.98 Å². The van der Waals surface area contributed by atoms with E-state index < -0.39 is 0 Å². The van der Waals surface area contributed by atoms with Gasteiger partial charge in [0.15, 0.2) is 0 Å². The van der Waals surface area contributed by atoms with Crippen LogP contribution >= 0.6 is 0 Å². The molecule has 2 aromatic heterocycles. The Morgan fingerprint density at radius 2 is 2.09 bits per heavy atom. The van der Waals surface area contributed by atoms with E-state index in [1.165, 1.54) is 0 Å². The quantitative estimate of drug-likeness (QED) is 0.727. The largest absolute Gasteiger partial charge is 0.490 e. The van der Waals surface area contributed by atoms with Gasteiger partial charge >= 0.3 is 0 Å². The molecule has 0 aliphatic carbocycles. The van der Waals surface area contributed by atoms with Crippen LogP contribution in [0.5, 0.6) is 5.75 Å². The third kappa shape index (κ3) is 3.23. The minimum absolute atomic E-state index is 0.0734. The van der Waals surface area contributed by atoms with Crippen molar-refractivity contribution in [2.75, 3.05) is 0 Å². The number of hydrogen-bond acceptors (Lipinski definition) is 4. The smallest absolute Gasteiger partial charge is 0.261 e. The summed E-state index contributed by atoms with van der Waals surface area (Å²) in [6.45, 7) is 4.54. The average molecular weight is 309 g/mol. The van der Waals surface area contributed by atoms with Crippen LogP contribution in [0.15, 0.2) is 53.8 Å². The van der Waals surface area contributed by atoms with Gasteiger partial charge in [-0.15, -0.1) is 0 Å². The van der Waals surface area contributed by atoms with Crippen LogP contribution in [0, 0.1) is 0 Å². The van der Waals surface area contributed by atoms with Gasteiger partial charge in [-0.2, -0.15) is 0 Å². The van der Waals surface area contributed by atoms with Crippen LogP contribution in [0.1, 0.15) is 25.8 Å². The fraction of sp³-hybridized carbons (Fsp3) is 0.278. The SMILES string of the molecule is CC[C@H](C)Oc1ccccc1Cn1cnc2cnccc2c1=O. The summed E-state index contributed by atoms with van der Waals surface area (Å²) < 4.78 is 7.55. The highest BCUT2D eigenvalue weighted by Crippen LogP contribution is 2.21. The van der Waals surface area contributed by atoms with Crippen LogP contribution < -0.4 is 10.3 Å². The molecule has 3 rings (SSSR count). The lowest BCUT2D eigenvalue weighted by atomic mass is 10.2. The molecule has 118 valence electrons. The minimum Gasteiger partial charge on any atom is -0.490 e. The van der Waals surface area contributed by atoms with E-state index in [1.54, 1.807) is 29.4 Å². The molecule has 5 heteroatoms. The third-order valence-electron chi connectivity index (χ3n) is 3.84. The molecule has 1 atom stereocenters. The fourth-order valence-electron chi connectivity index (χ4n) is 2.35. The Kier molecular flexibility index (Phi) is 4.37. The molecule has 0 aliphatic heterocycles. The summed E-state index contributed by atoms with van der Waals surface area (Å²) >= 11 is 0. The zero-order valence-electron chi connectivity index (χ0n) is 13.3. The monoisotopic (exact) mass is 309 g/mol. The molecular weight excluding hydrogens is 290 g/mol. The van der Waals surface area contributed by atoms with Crippen LogP contribution in [-0.2, 0) is 6.54 Å². The van der Waals surface area contributed by atoms with E-state index in [2.05, 4.69) is 16.9 Å². The van der Waals surface area contributed by atoms with E-state index in [-0.39, 0.29) is 11.7 Å². The van der Waals surface area contributed by atoms with Gasteiger partial charge in [-0.05, 0) is 25.5 Å². The van der Waals surface area contributed by atoms with E-state index in [1.807, 2.05) is 31.2 Å². The minimum atomic E-state index is -0.0734. The second kappa shape index (κ2) is 6.60. The Labute approximate surface area is 134 Å². The Bertz CT molecular complexity index is 873. The molecule has 23 heavy (non-hydrogen) atoms. The highest BCUT2D eigenvalue weighted by Gasteiger charge is 2.09. The molecular formula is C18H19N3O2. The summed E-state index contributed by atoms with van der Waals surface area (Å²) in [6.07, 6.45) is 5.83. The van der Waals surface area contributed by atoms with Crippen molar-refractivity contribution in [2.45, 2.75) is 32.9 Å². The van der Waals surface area contributed by atoms with Crippen molar-refractivity contribution in [3.05, 3.63) is 65.0 Å². The number of nitrogens with zero attached hydrogens (tertiary/aromatic N) is 3. The maximum absolute atomic E-state index is 12.6. The lowest BCUT2D eigenvalue weighted by Gasteiger charge is -2.16. The highest BCUT2D eigenvalue weighted by molar-refractivity contribution is 5.75. The Morgan fingerprint density at radius 3 is 2.91 bits per heavy atom. The zero-order valence-corrected chi connectivity index (χ0v) is 13.3. The van der Waals surface area contributed by atoms with Crippen LogP contribution in [0.25, 0.3) is 10.9 Å². The molecule has 3 aromatic rings. The fourth-order valence-corrected chi connectivity index (χ4v) is 2.35. The van der Waals surface area contributed by atoms with Crippen LogP contribution in [0.4, 0.5) is 0 Å². The first-order valence-electron chi connectivity index (χ1n) is 7.72. The molecule has 2 heterocycles. The van der Waals surface area contributed by atoms with Crippen molar-refractivity contribution in [1.29, 1.82) is 0 Å². The predicted octanol–water partition coefficient (Wildman–Crippen LogP) is 3.02. The summed E-state index contributed by atoms with van der Waals surface area (Å²) in [6, 6.07) is 9.49. The van der Waals surface area contributed by atoms with E-state index in [4.69, 9.17) is 4.74 Å². The molecule has 0 saturated heterocycles. The van der Waals surface area contributed by atoms with E-state index in [9.17, 15) is 4.79 Å².